The van der Waals surface area contributed by atoms with Crippen molar-refractivity contribution in [3.63, 3.8) is 0 Å². The second kappa shape index (κ2) is 5.75. The van der Waals surface area contributed by atoms with Gasteiger partial charge in [-0.3, -0.25) is 0 Å². The molecule has 0 aliphatic carbocycles. The van der Waals surface area contributed by atoms with E-state index in [2.05, 4.69) is 10.1 Å². The molecule has 2 aromatic rings. The van der Waals surface area contributed by atoms with E-state index in [1.54, 1.807) is 7.11 Å². The van der Waals surface area contributed by atoms with Crippen LogP contribution in [0.4, 0.5) is 0 Å². The van der Waals surface area contributed by atoms with Crippen LogP contribution in [-0.4, -0.2) is 17.3 Å². The summed E-state index contributed by atoms with van der Waals surface area (Å²) in [4.78, 5) is 4.24. The maximum atomic E-state index is 6.09. The fraction of sp³-hybridized carbons (Fsp3) is 0.385. The van der Waals surface area contributed by atoms with Gasteiger partial charge in [0, 0.05) is 13.5 Å². The van der Waals surface area contributed by atoms with Crippen LogP contribution in [0.5, 0.6) is 0 Å². The van der Waals surface area contributed by atoms with Gasteiger partial charge in [-0.25, -0.2) is 0 Å². The molecule has 2 N–H and O–H groups in total. The van der Waals surface area contributed by atoms with Crippen LogP contribution < -0.4 is 5.73 Å². The number of nitrogens with two attached hydrogens (primary N) is 1. The van der Waals surface area contributed by atoms with Crippen LogP contribution in [-0.2, 0) is 17.8 Å². The van der Waals surface area contributed by atoms with Gasteiger partial charge < -0.3 is 15.0 Å². The van der Waals surface area contributed by atoms with Crippen molar-refractivity contribution in [2.75, 3.05) is 7.11 Å². The quantitative estimate of drug-likeness (QED) is 0.872. The third-order valence-corrected chi connectivity index (χ3v) is 2.71. The van der Waals surface area contributed by atoms with Crippen molar-refractivity contribution >= 4 is 0 Å². The number of hydrogen-bond acceptors (Lipinski definition) is 5. The zero-order chi connectivity index (χ0) is 13.0. The van der Waals surface area contributed by atoms with Gasteiger partial charge in [0.25, 0.3) is 0 Å². The Bertz CT molecular complexity index is 493. The van der Waals surface area contributed by atoms with Crippen molar-refractivity contribution in [3.05, 3.63) is 47.1 Å². The zero-order valence-corrected chi connectivity index (χ0v) is 10.6. The Morgan fingerprint density at radius 2 is 2.06 bits per heavy atom. The predicted molar refractivity (Wildman–Crippen MR) is 66.9 cm³/mol. The van der Waals surface area contributed by atoms with Gasteiger partial charge in [0.05, 0.1) is 12.6 Å². The van der Waals surface area contributed by atoms with Crippen molar-refractivity contribution in [3.8, 4) is 0 Å². The van der Waals surface area contributed by atoms with E-state index in [0.29, 0.717) is 24.7 Å². The number of aromatic nitrogens is 2. The minimum absolute atomic E-state index is 0.356. The number of aryl methyl sites for hydroxylation is 1. The molecule has 0 aliphatic heterocycles. The summed E-state index contributed by atoms with van der Waals surface area (Å²) in [5.74, 6) is 1.13. The predicted octanol–water partition coefficient (Wildman–Crippen LogP) is 1.83. The van der Waals surface area contributed by atoms with Crippen LogP contribution in [0.25, 0.3) is 0 Å². The van der Waals surface area contributed by atoms with Crippen LogP contribution in [0.1, 0.15) is 35.8 Å². The van der Waals surface area contributed by atoms with Gasteiger partial charge in [-0.15, -0.1) is 0 Å². The Morgan fingerprint density at radius 1 is 1.33 bits per heavy atom. The molecule has 0 aliphatic rings. The van der Waals surface area contributed by atoms with Crippen molar-refractivity contribution in [1.82, 2.24) is 10.1 Å². The Morgan fingerprint density at radius 3 is 2.61 bits per heavy atom. The molecule has 0 saturated carbocycles. The lowest BCUT2D eigenvalue weighted by Crippen LogP contribution is -2.13. The molecule has 96 valence electrons. The second-order valence-corrected chi connectivity index (χ2v) is 4.05. The molecule has 0 fully saturated rings. The minimum atomic E-state index is -0.356. The third-order valence-electron chi connectivity index (χ3n) is 2.71. The van der Waals surface area contributed by atoms with Gasteiger partial charge in [0.15, 0.2) is 5.82 Å². The molecule has 1 unspecified atom stereocenters. The van der Waals surface area contributed by atoms with Gasteiger partial charge in [-0.1, -0.05) is 36.3 Å². The van der Waals surface area contributed by atoms with E-state index in [0.717, 1.165) is 11.1 Å². The average molecular weight is 247 g/mol. The molecule has 1 heterocycles. The fourth-order valence-electron chi connectivity index (χ4n) is 1.67. The molecule has 0 bridgehead atoms. The molecule has 0 saturated heterocycles. The smallest absolute Gasteiger partial charge is 0.226 e. The van der Waals surface area contributed by atoms with Crippen molar-refractivity contribution in [2.45, 2.75) is 26.0 Å². The standard InChI is InChI=1S/C13H17N3O2/c1-3-11-15-13(16-18-11)12(14)10-6-4-9(5-7-10)8-17-2/h4-7,12H,3,8,14H2,1-2H3. The van der Waals surface area contributed by atoms with E-state index in [-0.39, 0.29) is 6.04 Å². The highest BCUT2D eigenvalue weighted by atomic mass is 16.5. The molecule has 0 spiro atoms. The molecule has 1 aromatic carbocycles. The molecule has 0 amide bonds. The lowest BCUT2D eigenvalue weighted by atomic mass is 10.1. The SMILES string of the molecule is CCc1nc(C(N)c2ccc(COC)cc2)no1. The fourth-order valence-corrected chi connectivity index (χ4v) is 1.67. The summed E-state index contributed by atoms with van der Waals surface area (Å²) >= 11 is 0. The van der Waals surface area contributed by atoms with Crippen molar-refractivity contribution in [2.24, 2.45) is 5.73 Å². The van der Waals surface area contributed by atoms with Crippen LogP contribution in [0, 0.1) is 0 Å². The first-order valence-electron chi connectivity index (χ1n) is 5.90. The van der Waals surface area contributed by atoms with Crippen LogP contribution in [0.2, 0.25) is 0 Å². The lowest BCUT2D eigenvalue weighted by Gasteiger charge is -2.08. The lowest BCUT2D eigenvalue weighted by molar-refractivity contribution is 0.185. The van der Waals surface area contributed by atoms with Gasteiger partial charge in [0.2, 0.25) is 5.89 Å². The van der Waals surface area contributed by atoms with Gasteiger partial charge in [0.1, 0.15) is 0 Å². The van der Waals surface area contributed by atoms with Gasteiger partial charge >= 0.3 is 0 Å². The summed E-state index contributed by atoms with van der Waals surface area (Å²) in [6.07, 6.45) is 0.715. The maximum Gasteiger partial charge on any atom is 0.226 e. The highest BCUT2D eigenvalue weighted by molar-refractivity contribution is 5.27. The van der Waals surface area contributed by atoms with Crippen molar-refractivity contribution in [1.29, 1.82) is 0 Å². The number of benzene rings is 1. The summed E-state index contributed by atoms with van der Waals surface area (Å²) in [6, 6.07) is 7.53. The Hall–Kier alpha value is -1.72. The van der Waals surface area contributed by atoms with E-state index >= 15 is 0 Å². The first-order valence-corrected chi connectivity index (χ1v) is 5.90. The third kappa shape index (κ3) is 2.75. The van der Waals surface area contributed by atoms with Crippen molar-refractivity contribution < 1.29 is 9.26 Å². The molecule has 5 heteroatoms. The highest BCUT2D eigenvalue weighted by Gasteiger charge is 2.15. The minimum Gasteiger partial charge on any atom is -0.380 e. The van der Waals surface area contributed by atoms with E-state index in [9.17, 15) is 0 Å². The summed E-state index contributed by atoms with van der Waals surface area (Å²) in [5.41, 5.74) is 8.16. The van der Waals surface area contributed by atoms with E-state index in [1.165, 1.54) is 0 Å². The highest BCUT2D eigenvalue weighted by Crippen LogP contribution is 2.18. The average Bonchev–Trinajstić information content (AvgIpc) is 2.88. The first-order chi connectivity index (χ1) is 8.74. The molecule has 1 aromatic heterocycles. The number of hydrogen-bond donors (Lipinski definition) is 1. The molecule has 1 atom stereocenters. The topological polar surface area (TPSA) is 74.2 Å². The van der Waals surface area contributed by atoms with Crippen LogP contribution in [0.15, 0.2) is 28.8 Å². The summed E-state index contributed by atoms with van der Waals surface area (Å²) < 4.78 is 10.1. The van der Waals surface area contributed by atoms with E-state index in [1.807, 2.05) is 31.2 Å². The molecule has 18 heavy (non-hydrogen) atoms. The summed E-state index contributed by atoms with van der Waals surface area (Å²) in [6.45, 7) is 2.56. The molecular weight excluding hydrogens is 230 g/mol. The molecular formula is C13H17N3O2. The van der Waals surface area contributed by atoms with E-state index in [4.69, 9.17) is 15.0 Å². The number of methoxy groups -OCH3 is 1. The Labute approximate surface area is 106 Å². The maximum absolute atomic E-state index is 6.09. The largest absolute Gasteiger partial charge is 0.380 e. The number of ether oxygens (including phenoxy) is 1. The van der Waals surface area contributed by atoms with Crippen LogP contribution in [0.3, 0.4) is 0 Å². The molecule has 2 rings (SSSR count). The monoisotopic (exact) mass is 247 g/mol. The Kier molecular flexibility index (Phi) is 4.07. The van der Waals surface area contributed by atoms with Gasteiger partial charge in [-0.2, -0.15) is 4.98 Å². The van der Waals surface area contributed by atoms with Gasteiger partial charge in [-0.05, 0) is 11.1 Å². The zero-order valence-electron chi connectivity index (χ0n) is 10.6. The first kappa shape index (κ1) is 12.7. The second-order valence-electron chi connectivity index (χ2n) is 4.05. The summed E-state index contributed by atoms with van der Waals surface area (Å²) in [5, 5.41) is 3.89. The number of rotatable bonds is 5. The summed E-state index contributed by atoms with van der Waals surface area (Å²) in [7, 11) is 1.67. The molecule has 0 radical (unpaired) electrons. The van der Waals surface area contributed by atoms with E-state index < -0.39 is 0 Å². The Balaban J connectivity index is 2.14. The molecule has 5 nitrogen and oxygen atoms in total. The number of nitrogens with zero attached hydrogens (tertiary/aromatic N) is 2. The van der Waals surface area contributed by atoms with Crippen LogP contribution >= 0.6 is 0 Å². The normalized spacial score (nSPS) is 12.6.